The Morgan fingerprint density at radius 3 is 2.68 bits per heavy atom. The van der Waals surface area contributed by atoms with Gasteiger partial charge in [-0.2, -0.15) is 0 Å². The van der Waals surface area contributed by atoms with Crippen molar-refractivity contribution in [2.24, 2.45) is 5.92 Å². The van der Waals surface area contributed by atoms with Crippen LogP contribution in [0.25, 0.3) is 0 Å². The molecule has 4 heteroatoms. The molecule has 0 amide bonds. The van der Waals surface area contributed by atoms with Crippen LogP contribution in [-0.2, 0) is 11.3 Å². The van der Waals surface area contributed by atoms with Crippen molar-refractivity contribution >= 4 is 0 Å². The smallest absolute Gasteiger partial charge is 0.123 e. The summed E-state index contributed by atoms with van der Waals surface area (Å²) in [4.78, 5) is 5.00. The van der Waals surface area contributed by atoms with Crippen molar-refractivity contribution in [2.75, 3.05) is 39.9 Å². The van der Waals surface area contributed by atoms with Gasteiger partial charge >= 0.3 is 0 Å². The highest BCUT2D eigenvalue weighted by Crippen LogP contribution is 2.38. The summed E-state index contributed by atoms with van der Waals surface area (Å²) in [5, 5.41) is 0. The van der Waals surface area contributed by atoms with Gasteiger partial charge in [0.1, 0.15) is 5.82 Å². The Morgan fingerprint density at radius 2 is 2.00 bits per heavy atom. The van der Waals surface area contributed by atoms with Gasteiger partial charge in [-0.3, -0.25) is 9.80 Å². The van der Waals surface area contributed by atoms with Crippen LogP contribution in [-0.4, -0.2) is 55.2 Å². The molecule has 1 aromatic rings. The summed E-state index contributed by atoms with van der Waals surface area (Å²) in [7, 11) is 2.26. The van der Waals surface area contributed by atoms with E-state index in [0.29, 0.717) is 11.5 Å². The minimum Gasteiger partial charge on any atom is -0.381 e. The predicted octanol–water partition coefficient (Wildman–Crippen LogP) is 2.76. The van der Waals surface area contributed by atoms with Crippen LogP contribution in [0.3, 0.4) is 0 Å². The average molecular weight is 306 g/mol. The zero-order chi connectivity index (χ0) is 15.6. The summed E-state index contributed by atoms with van der Waals surface area (Å²) >= 11 is 0. The number of likely N-dealkylation sites (N-methyl/N-ethyl adjacent to an activating group) is 1. The van der Waals surface area contributed by atoms with Gasteiger partial charge in [-0.05, 0) is 57.0 Å². The fourth-order valence-corrected chi connectivity index (χ4v) is 3.95. The topological polar surface area (TPSA) is 15.7 Å². The van der Waals surface area contributed by atoms with Crippen LogP contribution in [0.15, 0.2) is 24.3 Å². The summed E-state index contributed by atoms with van der Waals surface area (Å²) in [5.41, 5.74) is 1.53. The molecule has 0 N–H and O–H groups in total. The molecular weight excluding hydrogens is 279 g/mol. The standard InChI is InChI=1S/C18H27FN2O/c1-3-22-12-16-8-9-20(2)18(10-16)13-21(14-18)11-15-4-6-17(19)7-5-15/h4-7,16H,3,8-14H2,1-2H3. The van der Waals surface area contributed by atoms with Crippen LogP contribution in [0.5, 0.6) is 0 Å². The summed E-state index contributed by atoms with van der Waals surface area (Å²) in [6.45, 7) is 8.11. The maximum absolute atomic E-state index is 13.0. The first-order valence-electron chi connectivity index (χ1n) is 8.37. The fraction of sp³-hybridized carbons (Fsp3) is 0.667. The van der Waals surface area contributed by atoms with Crippen molar-refractivity contribution in [1.82, 2.24) is 9.80 Å². The largest absolute Gasteiger partial charge is 0.381 e. The summed E-state index contributed by atoms with van der Waals surface area (Å²) in [6, 6.07) is 6.89. The Kier molecular flexibility index (Phi) is 4.81. The van der Waals surface area contributed by atoms with Gasteiger partial charge in [0.2, 0.25) is 0 Å². The monoisotopic (exact) mass is 306 g/mol. The highest BCUT2D eigenvalue weighted by Gasteiger charge is 2.48. The molecule has 0 aromatic heterocycles. The van der Waals surface area contributed by atoms with Crippen molar-refractivity contribution < 1.29 is 9.13 Å². The molecule has 0 bridgehead atoms. The Hall–Kier alpha value is -0.970. The van der Waals surface area contributed by atoms with Gasteiger partial charge in [0, 0.05) is 38.4 Å². The highest BCUT2D eigenvalue weighted by atomic mass is 19.1. The molecule has 3 rings (SSSR count). The number of hydrogen-bond donors (Lipinski definition) is 0. The number of ether oxygens (including phenoxy) is 1. The second kappa shape index (κ2) is 6.65. The maximum atomic E-state index is 13.0. The van der Waals surface area contributed by atoms with E-state index < -0.39 is 0 Å². The zero-order valence-electron chi connectivity index (χ0n) is 13.7. The van der Waals surface area contributed by atoms with Gasteiger partial charge in [-0.25, -0.2) is 4.39 Å². The predicted molar refractivity (Wildman–Crippen MR) is 86.3 cm³/mol. The third-order valence-electron chi connectivity index (χ3n) is 5.26. The van der Waals surface area contributed by atoms with Gasteiger partial charge in [0.05, 0.1) is 0 Å². The minimum absolute atomic E-state index is 0.158. The lowest BCUT2D eigenvalue weighted by atomic mass is 9.75. The molecule has 0 saturated carbocycles. The summed E-state index contributed by atoms with van der Waals surface area (Å²) in [6.07, 6.45) is 2.49. The highest BCUT2D eigenvalue weighted by molar-refractivity contribution is 5.17. The van der Waals surface area contributed by atoms with Gasteiger partial charge in [0.15, 0.2) is 0 Å². The van der Waals surface area contributed by atoms with Crippen molar-refractivity contribution in [2.45, 2.75) is 31.8 Å². The van der Waals surface area contributed by atoms with E-state index in [1.165, 1.54) is 24.9 Å². The number of benzene rings is 1. The van der Waals surface area contributed by atoms with E-state index in [9.17, 15) is 4.39 Å². The molecule has 0 aliphatic carbocycles. The number of hydrogen-bond acceptors (Lipinski definition) is 3. The molecule has 1 aromatic carbocycles. The third kappa shape index (κ3) is 3.34. The van der Waals surface area contributed by atoms with Gasteiger partial charge in [-0.1, -0.05) is 12.1 Å². The first kappa shape index (κ1) is 15.9. The lowest BCUT2D eigenvalue weighted by Gasteiger charge is -2.58. The van der Waals surface area contributed by atoms with E-state index in [1.807, 2.05) is 12.1 Å². The molecule has 3 nitrogen and oxygen atoms in total. The van der Waals surface area contributed by atoms with Crippen LogP contribution in [0.1, 0.15) is 25.3 Å². The second-order valence-corrected chi connectivity index (χ2v) is 6.94. The van der Waals surface area contributed by atoms with Crippen molar-refractivity contribution in [3.05, 3.63) is 35.6 Å². The van der Waals surface area contributed by atoms with Crippen molar-refractivity contribution in [3.63, 3.8) is 0 Å². The SMILES string of the molecule is CCOCC1CCN(C)C2(C1)CN(Cc1ccc(F)cc1)C2. The third-order valence-corrected chi connectivity index (χ3v) is 5.26. The maximum Gasteiger partial charge on any atom is 0.123 e. The van der Waals surface area contributed by atoms with Crippen molar-refractivity contribution in [1.29, 1.82) is 0 Å². The van der Waals surface area contributed by atoms with Crippen molar-refractivity contribution in [3.8, 4) is 0 Å². The van der Waals surface area contributed by atoms with Crippen LogP contribution >= 0.6 is 0 Å². The van der Waals surface area contributed by atoms with E-state index >= 15 is 0 Å². The lowest BCUT2D eigenvalue weighted by molar-refractivity contribution is -0.0922. The summed E-state index contributed by atoms with van der Waals surface area (Å²) in [5.74, 6) is 0.540. The fourth-order valence-electron chi connectivity index (χ4n) is 3.95. The number of likely N-dealkylation sites (tertiary alicyclic amines) is 2. The Morgan fingerprint density at radius 1 is 1.27 bits per heavy atom. The van der Waals surface area contributed by atoms with Crippen LogP contribution < -0.4 is 0 Å². The zero-order valence-corrected chi connectivity index (χ0v) is 13.7. The molecule has 1 spiro atoms. The number of rotatable bonds is 5. The first-order valence-corrected chi connectivity index (χ1v) is 8.37. The number of piperidine rings is 1. The molecule has 122 valence electrons. The van der Waals surface area contributed by atoms with E-state index in [-0.39, 0.29) is 5.82 Å². The van der Waals surface area contributed by atoms with E-state index in [2.05, 4.69) is 23.8 Å². The minimum atomic E-state index is -0.158. The molecule has 2 aliphatic heterocycles. The Bertz CT molecular complexity index is 482. The molecule has 1 atom stereocenters. The van der Waals surface area contributed by atoms with Gasteiger partial charge in [0.25, 0.3) is 0 Å². The number of halogens is 1. The first-order chi connectivity index (χ1) is 10.6. The molecular formula is C18H27FN2O. The molecule has 0 radical (unpaired) electrons. The van der Waals surface area contributed by atoms with Crippen LogP contribution in [0, 0.1) is 11.7 Å². The average Bonchev–Trinajstić information content (AvgIpc) is 2.48. The van der Waals surface area contributed by atoms with Crippen LogP contribution in [0.4, 0.5) is 4.39 Å². The van der Waals surface area contributed by atoms with Gasteiger partial charge in [-0.15, -0.1) is 0 Å². The quantitative estimate of drug-likeness (QED) is 0.832. The Balaban J connectivity index is 1.54. The summed E-state index contributed by atoms with van der Waals surface area (Å²) < 4.78 is 18.6. The number of nitrogens with zero attached hydrogens (tertiary/aromatic N) is 2. The van der Waals surface area contributed by atoms with E-state index in [0.717, 1.165) is 32.8 Å². The molecule has 22 heavy (non-hydrogen) atoms. The Labute approximate surface area is 133 Å². The molecule has 1 unspecified atom stereocenters. The van der Waals surface area contributed by atoms with Crippen LogP contribution in [0.2, 0.25) is 0 Å². The lowest BCUT2D eigenvalue weighted by Crippen LogP contribution is -2.71. The second-order valence-electron chi connectivity index (χ2n) is 6.94. The van der Waals surface area contributed by atoms with Gasteiger partial charge < -0.3 is 4.74 Å². The van der Waals surface area contributed by atoms with E-state index in [4.69, 9.17) is 4.74 Å². The molecule has 2 saturated heterocycles. The molecule has 2 heterocycles. The normalized spacial score (nSPS) is 25.3. The molecule has 2 aliphatic rings. The van der Waals surface area contributed by atoms with E-state index in [1.54, 1.807) is 12.1 Å². The molecule has 2 fully saturated rings.